The van der Waals surface area contributed by atoms with Gasteiger partial charge in [0.25, 0.3) is 0 Å². The molecule has 0 aliphatic carbocycles. The fourth-order valence-electron chi connectivity index (χ4n) is 1.62. The first-order valence-electron chi connectivity index (χ1n) is 4.92. The first-order valence-corrected chi connectivity index (χ1v) is 4.92. The van der Waals surface area contributed by atoms with E-state index in [1.54, 1.807) is 24.7 Å². The molecule has 17 heavy (non-hydrogen) atoms. The summed E-state index contributed by atoms with van der Waals surface area (Å²) >= 11 is 0. The number of methoxy groups -OCH3 is 1. The molecule has 1 heterocycles. The first kappa shape index (κ1) is 11.1. The SMILES string of the molecule is COc1cc(-c2cncn2C)ccc1[N+](=O)[O-]. The molecule has 2 aromatic rings. The van der Waals surface area contributed by atoms with Crippen LogP contribution in [0.15, 0.2) is 30.7 Å². The smallest absolute Gasteiger partial charge is 0.310 e. The maximum Gasteiger partial charge on any atom is 0.310 e. The van der Waals surface area contributed by atoms with E-state index in [-0.39, 0.29) is 11.4 Å². The number of hydrogen-bond acceptors (Lipinski definition) is 4. The van der Waals surface area contributed by atoms with Crippen LogP contribution in [0.1, 0.15) is 0 Å². The molecule has 0 spiro atoms. The van der Waals surface area contributed by atoms with Gasteiger partial charge in [-0.05, 0) is 12.1 Å². The maximum absolute atomic E-state index is 10.8. The summed E-state index contributed by atoms with van der Waals surface area (Å²) in [6.07, 6.45) is 3.36. The van der Waals surface area contributed by atoms with Gasteiger partial charge in [-0.2, -0.15) is 0 Å². The molecule has 0 fully saturated rings. The summed E-state index contributed by atoms with van der Waals surface area (Å²) < 4.78 is 6.85. The standard InChI is InChI=1S/C11H11N3O3/c1-13-7-12-6-10(13)8-3-4-9(14(15)16)11(5-8)17-2/h3-7H,1-2H3. The van der Waals surface area contributed by atoms with Crippen molar-refractivity contribution >= 4 is 5.69 Å². The van der Waals surface area contributed by atoms with Crippen LogP contribution in [-0.2, 0) is 7.05 Å². The van der Waals surface area contributed by atoms with Gasteiger partial charge in [0.2, 0.25) is 0 Å². The molecule has 0 saturated heterocycles. The van der Waals surface area contributed by atoms with Crippen LogP contribution in [0.25, 0.3) is 11.3 Å². The Hall–Kier alpha value is -2.37. The van der Waals surface area contributed by atoms with Crippen molar-refractivity contribution in [3.8, 4) is 17.0 Å². The maximum atomic E-state index is 10.8. The van der Waals surface area contributed by atoms with Crippen molar-refractivity contribution in [1.82, 2.24) is 9.55 Å². The molecule has 88 valence electrons. The normalized spacial score (nSPS) is 10.2. The number of benzene rings is 1. The zero-order valence-corrected chi connectivity index (χ0v) is 9.45. The largest absolute Gasteiger partial charge is 0.490 e. The van der Waals surface area contributed by atoms with E-state index in [1.165, 1.54) is 13.2 Å². The summed E-state index contributed by atoms with van der Waals surface area (Å²) in [5, 5.41) is 10.8. The van der Waals surface area contributed by atoms with Crippen molar-refractivity contribution in [2.45, 2.75) is 0 Å². The Morgan fingerprint density at radius 3 is 2.76 bits per heavy atom. The summed E-state index contributed by atoms with van der Waals surface area (Å²) in [5.41, 5.74) is 1.66. The second kappa shape index (κ2) is 4.25. The lowest BCUT2D eigenvalue weighted by Crippen LogP contribution is -1.95. The molecule has 6 heteroatoms. The van der Waals surface area contributed by atoms with Gasteiger partial charge in [-0.25, -0.2) is 4.98 Å². The van der Waals surface area contributed by atoms with E-state index >= 15 is 0 Å². The third kappa shape index (κ3) is 1.96. The van der Waals surface area contributed by atoms with Gasteiger partial charge < -0.3 is 9.30 Å². The van der Waals surface area contributed by atoms with Gasteiger partial charge in [0.15, 0.2) is 5.75 Å². The quantitative estimate of drug-likeness (QED) is 0.600. The molecule has 0 saturated carbocycles. The third-order valence-corrected chi connectivity index (χ3v) is 2.49. The number of aryl methyl sites for hydroxylation is 1. The fourth-order valence-corrected chi connectivity index (χ4v) is 1.62. The number of nitro groups is 1. The Labute approximate surface area is 97.6 Å². The second-order valence-corrected chi connectivity index (χ2v) is 3.53. The lowest BCUT2D eigenvalue weighted by molar-refractivity contribution is -0.385. The van der Waals surface area contributed by atoms with Crippen molar-refractivity contribution in [3.63, 3.8) is 0 Å². The molecule has 0 atom stereocenters. The van der Waals surface area contributed by atoms with Gasteiger partial charge in [0.1, 0.15) is 0 Å². The van der Waals surface area contributed by atoms with Crippen LogP contribution in [0.5, 0.6) is 5.75 Å². The highest BCUT2D eigenvalue weighted by Crippen LogP contribution is 2.31. The van der Waals surface area contributed by atoms with E-state index in [0.29, 0.717) is 0 Å². The Kier molecular flexibility index (Phi) is 2.78. The van der Waals surface area contributed by atoms with E-state index in [1.807, 2.05) is 11.6 Å². The molecule has 0 aliphatic heterocycles. The summed E-state index contributed by atoms with van der Waals surface area (Å²) in [6.45, 7) is 0. The molecule has 0 radical (unpaired) electrons. The van der Waals surface area contributed by atoms with Crippen molar-refractivity contribution in [3.05, 3.63) is 40.8 Å². The van der Waals surface area contributed by atoms with Crippen molar-refractivity contribution < 1.29 is 9.66 Å². The van der Waals surface area contributed by atoms with Gasteiger partial charge in [-0.1, -0.05) is 0 Å². The molecule has 2 rings (SSSR count). The number of nitro benzene ring substituents is 1. The number of hydrogen-bond donors (Lipinski definition) is 0. The van der Waals surface area contributed by atoms with Gasteiger partial charge in [-0.3, -0.25) is 10.1 Å². The highest BCUT2D eigenvalue weighted by atomic mass is 16.6. The third-order valence-electron chi connectivity index (χ3n) is 2.49. The van der Waals surface area contributed by atoms with E-state index in [2.05, 4.69) is 4.98 Å². The second-order valence-electron chi connectivity index (χ2n) is 3.53. The summed E-state index contributed by atoms with van der Waals surface area (Å²) in [7, 11) is 3.27. The van der Waals surface area contributed by atoms with E-state index in [0.717, 1.165) is 11.3 Å². The zero-order valence-electron chi connectivity index (χ0n) is 9.45. The van der Waals surface area contributed by atoms with Crippen molar-refractivity contribution in [2.24, 2.45) is 7.05 Å². The minimum atomic E-state index is -0.466. The number of nitrogens with zero attached hydrogens (tertiary/aromatic N) is 3. The van der Waals surface area contributed by atoms with E-state index < -0.39 is 4.92 Å². The molecule has 1 aromatic carbocycles. The fraction of sp³-hybridized carbons (Fsp3) is 0.182. The summed E-state index contributed by atoms with van der Waals surface area (Å²) in [4.78, 5) is 14.3. The molecule has 0 unspecified atom stereocenters. The molecule has 1 aromatic heterocycles. The lowest BCUT2D eigenvalue weighted by Gasteiger charge is -2.05. The van der Waals surface area contributed by atoms with Crippen LogP contribution in [0, 0.1) is 10.1 Å². The topological polar surface area (TPSA) is 70.2 Å². The molecule has 0 amide bonds. The van der Waals surface area contributed by atoms with Gasteiger partial charge in [0, 0.05) is 18.7 Å². The van der Waals surface area contributed by atoms with Crippen LogP contribution < -0.4 is 4.74 Å². The van der Waals surface area contributed by atoms with Gasteiger partial charge in [-0.15, -0.1) is 0 Å². The predicted molar refractivity (Wildman–Crippen MR) is 61.9 cm³/mol. The number of imidazole rings is 1. The van der Waals surface area contributed by atoms with Crippen molar-refractivity contribution in [1.29, 1.82) is 0 Å². The monoisotopic (exact) mass is 233 g/mol. The van der Waals surface area contributed by atoms with Crippen LogP contribution in [0.4, 0.5) is 5.69 Å². The van der Waals surface area contributed by atoms with Crippen LogP contribution in [-0.4, -0.2) is 21.6 Å². The molecule has 0 N–H and O–H groups in total. The minimum absolute atomic E-state index is 0.0431. The van der Waals surface area contributed by atoms with Gasteiger partial charge in [0.05, 0.1) is 30.3 Å². The predicted octanol–water partition coefficient (Wildman–Crippen LogP) is 2.00. The van der Waals surface area contributed by atoms with Crippen molar-refractivity contribution in [2.75, 3.05) is 7.11 Å². The molecule has 0 aliphatic rings. The van der Waals surface area contributed by atoms with E-state index in [9.17, 15) is 10.1 Å². The molecular formula is C11H11N3O3. The number of ether oxygens (including phenoxy) is 1. The zero-order chi connectivity index (χ0) is 12.4. The Balaban J connectivity index is 2.52. The van der Waals surface area contributed by atoms with Crippen LogP contribution >= 0.6 is 0 Å². The molecule has 6 nitrogen and oxygen atoms in total. The Morgan fingerprint density at radius 2 is 2.24 bits per heavy atom. The van der Waals surface area contributed by atoms with Crippen LogP contribution in [0.2, 0.25) is 0 Å². The Bertz CT molecular complexity index is 563. The van der Waals surface area contributed by atoms with Crippen LogP contribution in [0.3, 0.4) is 0 Å². The summed E-state index contributed by atoms with van der Waals surface area (Å²) in [5.74, 6) is 0.244. The van der Waals surface area contributed by atoms with Gasteiger partial charge >= 0.3 is 5.69 Å². The first-order chi connectivity index (χ1) is 8.13. The average Bonchev–Trinajstić information content (AvgIpc) is 2.74. The molecular weight excluding hydrogens is 222 g/mol. The van der Waals surface area contributed by atoms with E-state index in [4.69, 9.17) is 4.74 Å². The highest BCUT2D eigenvalue weighted by Gasteiger charge is 2.15. The molecule has 0 bridgehead atoms. The lowest BCUT2D eigenvalue weighted by atomic mass is 10.1. The number of aromatic nitrogens is 2. The summed E-state index contributed by atoms with van der Waals surface area (Å²) in [6, 6.07) is 4.74. The minimum Gasteiger partial charge on any atom is -0.490 e. The highest BCUT2D eigenvalue weighted by molar-refractivity contribution is 5.65. The Morgan fingerprint density at radius 1 is 1.47 bits per heavy atom. The average molecular weight is 233 g/mol. The number of rotatable bonds is 3.